The fraction of sp³-hybridized carbons (Fsp3) is 0.583. The lowest BCUT2D eigenvalue weighted by Crippen LogP contribution is -2.48. The van der Waals surface area contributed by atoms with E-state index >= 15 is 0 Å². The van der Waals surface area contributed by atoms with Gasteiger partial charge in [-0.05, 0) is 19.8 Å². The number of alkyl halides is 3. The van der Waals surface area contributed by atoms with Crippen molar-refractivity contribution in [2.75, 3.05) is 5.32 Å². The molecule has 1 saturated carbocycles. The molecule has 1 aromatic rings. The summed E-state index contributed by atoms with van der Waals surface area (Å²) in [6.07, 6.45) is -3.17. The Morgan fingerprint density at radius 1 is 1.45 bits per heavy atom. The van der Waals surface area contributed by atoms with Crippen molar-refractivity contribution in [2.45, 2.75) is 38.5 Å². The second-order valence-corrected chi connectivity index (χ2v) is 5.02. The van der Waals surface area contributed by atoms with Crippen molar-refractivity contribution in [2.24, 2.45) is 5.92 Å². The van der Waals surface area contributed by atoms with Crippen molar-refractivity contribution in [1.29, 1.82) is 0 Å². The van der Waals surface area contributed by atoms with Gasteiger partial charge in [0.2, 0.25) is 0 Å². The third-order valence-corrected chi connectivity index (χ3v) is 3.48. The van der Waals surface area contributed by atoms with Gasteiger partial charge in [-0.3, -0.25) is 9.48 Å². The van der Waals surface area contributed by atoms with E-state index in [9.17, 15) is 22.8 Å². The first kappa shape index (κ1) is 16.1. The van der Waals surface area contributed by atoms with Gasteiger partial charge in [-0.1, -0.05) is 0 Å². The SMILES string of the molecule is CCn1ncc(NC(=O)NC2CC(C(=O)O)C2)c1C(F)(F)F. The van der Waals surface area contributed by atoms with Gasteiger partial charge in [0.1, 0.15) is 0 Å². The zero-order valence-corrected chi connectivity index (χ0v) is 11.6. The molecule has 0 spiro atoms. The van der Waals surface area contributed by atoms with Gasteiger partial charge >= 0.3 is 18.2 Å². The van der Waals surface area contributed by atoms with Crippen LogP contribution in [0.5, 0.6) is 0 Å². The molecule has 0 atom stereocenters. The van der Waals surface area contributed by atoms with Crippen LogP contribution in [-0.4, -0.2) is 32.9 Å². The molecule has 1 fully saturated rings. The number of anilines is 1. The molecule has 0 saturated heterocycles. The number of nitrogens with zero attached hydrogens (tertiary/aromatic N) is 2. The summed E-state index contributed by atoms with van der Waals surface area (Å²) in [5.41, 5.74) is -1.46. The smallest absolute Gasteiger partial charge is 0.435 e. The lowest BCUT2D eigenvalue weighted by molar-refractivity contribution is -0.145. The zero-order valence-electron chi connectivity index (χ0n) is 11.6. The maximum absolute atomic E-state index is 13.0. The molecule has 0 aromatic carbocycles. The Labute approximate surface area is 123 Å². The quantitative estimate of drug-likeness (QED) is 0.789. The van der Waals surface area contributed by atoms with E-state index in [0.29, 0.717) is 0 Å². The molecular formula is C12H15F3N4O3. The molecule has 10 heteroatoms. The maximum atomic E-state index is 13.0. The summed E-state index contributed by atoms with van der Waals surface area (Å²) >= 11 is 0. The summed E-state index contributed by atoms with van der Waals surface area (Å²) in [5.74, 6) is -1.46. The van der Waals surface area contributed by atoms with Gasteiger partial charge in [0.25, 0.3) is 0 Å². The van der Waals surface area contributed by atoms with Gasteiger partial charge in [0, 0.05) is 12.6 Å². The molecule has 1 aromatic heterocycles. The third-order valence-electron chi connectivity index (χ3n) is 3.48. The number of urea groups is 1. The standard InChI is InChI=1S/C12H15F3N4O3/c1-2-19-9(12(13,14)15)8(5-16-19)18-11(22)17-7-3-6(4-7)10(20)21/h5-7H,2-4H2,1H3,(H,20,21)(H2,17,18,22). The number of carbonyl (C=O) groups excluding carboxylic acids is 1. The first-order valence-corrected chi connectivity index (χ1v) is 6.65. The fourth-order valence-corrected chi connectivity index (χ4v) is 2.30. The molecule has 7 nitrogen and oxygen atoms in total. The molecule has 2 rings (SSSR count). The number of amides is 2. The minimum atomic E-state index is -4.64. The van der Waals surface area contributed by atoms with Gasteiger partial charge in [-0.25, -0.2) is 4.79 Å². The first-order chi connectivity index (χ1) is 10.2. The van der Waals surface area contributed by atoms with E-state index in [1.165, 1.54) is 6.92 Å². The number of aromatic nitrogens is 2. The van der Waals surface area contributed by atoms with E-state index in [4.69, 9.17) is 5.11 Å². The highest BCUT2D eigenvalue weighted by Crippen LogP contribution is 2.35. The van der Waals surface area contributed by atoms with Gasteiger partial charge in [0.15, 0.2) is 5.69 Å². The van der Waals surface area contributed by atoms with Gasteiger partial charge in [-0.15, -0.1) is 0 Å². The number of halogens is 3. The van der Waals surface area contributed by atoms with Crippen molar-refractivity contribution in [3.63, 3.8) is 0 Å². The third kappa shape index (κ3) is 3.31. The van der Waals surface area contributed by atoms with Gasteiger partial charge in [-0.2, -0.15) is 18.3 Å². The lowest BCUT2D eigenvalue weighted by Gasteiger charge is -2.32. The van der Waals surface area contributed by atoms with E-state index in [2.05, 4.69) is 15.7 Å². The number of aryl methyl sites for hydroxylation is 1. The molecule has 122 valence electrons. The Bertz CT molecular complexity index is 579. The average molecular weight is 320 g/mol. The summed E-state index contributed by atoms with van der Waals surface area (Å²) in [6, 6.07) is -1.16. The van der Waals surface area contributed by atoms with Crippen LogP contribution in [0.25, 0.3) is 0 Å². The highest BCUT2D eigenvalue weighted by molar-refractivity contribution is 5.90. The highest BCUT2D eigenvalue weighted by Gasteiger charge is 2.39. The Hall–Kier alpha value is -2.26. The van der Waals surface area contributed by atoms with Crippen LogP contribution < -0.4 is 10.6 Å². The maximum Gasteiger partial charge on any atom is 0.435 e. The molecule has 22 heavy (non-hydrogen) atoms. The van der Waals surface area contributed by atoms with Crippen molar-refractivity contribution >= 4 is 17.7 Å². The Morgan fingerprint density at radius 2 is 2.09 bits per heavy atom. The molecular weight excluding hydrogens is 305 g/mol. The predicted octanol–water partition coefficient (Wildman–Crippen LogP) is 1.91. The summed E-state index contributed by atoms with van der Waals surface area (Å²) in [5, 5.41) is 16.8. The van der Waals surface area contributed by atoms with Crippen LogP contribution in [-0.2, 0) is 17.5 Å². The Balaban J connectivity index is 1.98. The molecule has 0 aliphatic heterocycles. The summed E-state index contributed by atoms with van der Waals surface area (Å²) < 4.78 is 39.6. The van der Waals surface area contributed by atoms with E-state index in [1.807, 2.05) is 0 Å². The van der Waals surface area contributed by atoms with Crippen LogP contribution in [0.15, 0.2) is 6.20 Å². The van der Waals surface area contributed by atoms with E-state index in [0.717, 1.165) is 10.9 Å². The molecule has 1 aliphatic rings. The van der Waals surface area contributed by atoms with Crippen LogP contribution in [0.3, 0.4) is 0 Å². The number of hydrogen-bond acceptors (Lipinski definition) is 3. The fourth-order valence-electron chi connectivity index (χ4n) is 2.30. The molecule has 3 N–H and O–H groups in total. The Morgan fingerprint density at radius 3 is 2.59 bits per heavy atom. The van der Waals surface area contributed by atoms with Crippen molar-refractivity contribution in [1.82, 2.24) is 15.1 Å². The monoisotopic (exact) mass is 320 g/mol. The largest absolute Gasteiger partial charge is 0.481 e. The number of nitrogens with one attached hydrogen (secondary N) is 2. The van der Waals surface area contributed by atoms with Crippen LogP contribution >= 0.6 is 0 Å². The lowest BCUT2D eigenvalue weighted by atomic mass is 9.80. The predicted molar refractivity (Wildman–Crippen MR) is 69.2 cm³/mol. The number of carboxylic acid groups (broad SMARTS) is 1. The average Bonchev–Trinajstić information content (AvgIpc) is 2.75. The van der Waals surface area contributed by atoms with Crippen LogP contribution in [0.2, 0.25) is 0 Å². The first-order valence-electron chi connectivity index (χ1n) is 6.65. The topological polar surface area (TPSA) is 96.3 Å². The number of hydrogen-bond donors (Lipinski definition) is 3. The van der Waals surface area contributed by atoms with Crippen molar-refractivity contribution < 1.29 is 27.9 Å². The normalized spacial score (nSPS) is 21.1. The summed E-state index contributed by atoms with van der Waals surface area (Å²) in [4.78, 5) is 22.3. The summed E-state index contributed by atoms with van der Waals surface area (Å²) in [6.45, 7) is 1.52. The summed E-state index contributed by atoms with van der Waals surface area (Å²) in [7, 11) is 0. The number of rotatable bonds is 4. The molecule has 0 radical (unpaired) electrons. The molecule has 2 amide bonds. The van der Waals surface area contributed by atoms with E-state index < -0.39 is 35.5 Å². The number of carboxylic acids is 1. The minimum Gasteiger partial charge on any atom is -0.481 e. The molecule has 1 heterocycles. The van der Waals surface area contributed by atoms with Crippen LogP contribution in [0, 0.1) is 5.92 Å². The zero-order chi connectivity index (χ0) is 16.5. The molecule has 0 unspecified atom stereocenters. The van der Waals surface area contributed by atoms with Crippen molar-refractivity contribution in [3.8, 4) is 0 Å². The minimum absolute atomic E-state index is 0.0149. The van der Waals surface area contributed by atoms with Crippen LogP contribution in [0.1, 0.15) is 25.5 Å². The number of aliphatic carboxylic acids is 1. The highest BCUT2D eigenvalue weighted by atomic mass is 19.4. The van der Waals surface area contributed by atoms with E-state index in [-0.39, 0.29) is 25.4 Å². The van der Waals surface area contributed by atoms with Crippen LogP contribution in [0.4, 0.5) is 23.7 Å². The van der Waals surface area contributed by atoms with E-state index in [1.54, 1.807) is 0 Å². The van der Waals surface area contributed by atoms with Gasteiger partial charge < -0.3 is 15.7 Å². The molecule has 1 aliphatic carbocycles. The second kappa shape index (κ2) is 5.85. The number of carbonyl (C=O) groups is 2. The molecule has 0 bridgehead atoms. The van der Waals surface area contributed by atoms with Crippen molar-refractivity contribution in [3.05, 3.63) is 11.9 Å². The Kier molecular flexibility index (Phi) is 4.29. The second-order valence-electron chi connectivity index (χ2n) is 5.02. The van der Waals surface area contributed by atoms with Gasteiger partial charge in [0.05, 0.1) is 17.8 Å².